The summed E-state index contributed by atoms with van der Waals surface area (Å²) in [4.78, 5) is 43.7. The topological polar surface area (TPSA) is 109 Å². The van der Waals surface area contributed by atoms with Gasteiger partial charge in [0.1, 0.15) is 11.8 Å². The standard InChI is InChI=1S/C26H27N3O5/c1-3-29-13-12-22-20(15-29)24(19-6-4-5-7-21(19)27-22)25(31)28-23(26(32)33)14-17-8-10-18(11-9-17)34-16(2)30/h4-11,23H,3,12-15H2,1-2H3,(H,28,31)(H,32,33). The number of fused-ring (bicyclic) bond motifs is 2. The zero-order valence-corrected chi connectivity index (χ0v) is 19.2. The molecule has 8 nitrogen and oxygen atoms in total. The summed E-state index contributed by atoms with van der Waals surface area (Å²) in [6.07, 6.45) is 0.832. The molecule has 0 fully saturated rings. The Morgan fingerprint density at radius 2 is 1.88 bits per heavy atom. The van der Waals surface area contributed by atoms with Crippen molar-refractivity contribution < 1.29 is 24.2 Å². The maximum absolute atomic E-state index is 13.5. The molecule has 0 saturated heterocycles. The number of carboxylic acid groups (broad SMARTS) is 1. The zero-order valence-electron chi connectivity index (χ0n) is 19.2. The van der Waals surface area contributed by atoms with Gasteiger partial charge < -0.3 is 15.2 Å². The Bertz CT molecular complexity index is 1240. The highest BCUT2D eigenvalue weighted by Crippen LogP contribution is 2.28. The van der Waals surface area contributed by atoms with E-state index in [1.165, 1.54) is 6.92 Å². The van der Waals surface area contributed by atoms with Gasteiger partial charge in [0.15, 0.2) is 0 Å². The average molecular weight is 462 g/mol. The van der Waals surface area contributed by atoms with Crippen molar-refractivity contribution in [1.82, 2.24) is 15.2 Å². The minimum absolute atomic E-state index is 0.0910. The van der Waals surface area contributed by atoms with Gasteiger partial charge in [0, 0.05) is 49.5 Å². The van der Waals surface area contributed by atoms with E-state index in [4.69, 9.17) is 9.72 Å². The maximum atomic E-state index is 13.5. The van der Waals surface area contributed by atoms with Gasteiger partial charge in [0.2, 0.25) is 0 Å². The number of esters is 1. The number of hydrogen-bond donors (Lipinski definition) is 2. The number of ether oxygens (including phenoxy) is 1. The molecule has 1 aliphatic rings. The van der Waals surface area contributed by atoms with Gasteiger partial charge in [-0.1, -0.05) is 37.3 Å². The van der Waals surface area contributed by atoms with E-state index in [-0.39, 0.29) is 6.42 Å². The van der Waals surface area contributed by atoms with Crippen molar-refractivity contribution in [2.24, 2.45) is 0 Å². The van der Waals surface area contributed by atoms with Gasteiger partial charge in [-0.25, -0.2) is 4.79 Å². The molecule has 0 aliphatic carbocycles. The van der Waals surface area contributed by atoms with Crippen molar-refractivity contribution in [2.75, 3.05) is 13.1 Å². The van der Waals surface area contributed by atoms with Gasteiger partial charge in [-0.2, -0.15) is 0 Å². The second-order valence-electron chi connectivity index (χ2n) is 8.35. The number of carboxylic acids is 1. The first-order valence-electron chi connectivity index (χ1n) is 11.3. The van der Waals surface area contributed by atoms with Gasteiger partial charge >= 0.3 is 11.9 Å². The molecular weight excluding hydrogens is 434 g/mol. The molecule has 0 spiro atoms. The van der Waals surface area contributed by atoms with E-state index in [1.54, 1.807) is 24.3 Å². The molecule has 0 radical (unpaired) electrons. The van der Waals surface area contributed by atoms with Crippen molar-refractivity contribution in [3.8, 4) is 5.75 Å². The Kier molecular flexibility index (Phi) is 6.88. The van der Waals surface area contributed by atoms with Crippen LogP contribution in [0.25, 0.3) is 10.9 Å². The van der Waals surface area contributed by atoms with Crippen molar-refractivity contribution in [3.05, 3.63) is 70.9 Å². The Morgan fingerprint density at radius 1 is 1.15 bits per heavy atom. The highest BCUT2D eigenvalue weighted by Gasteiger charge is 2.28. The van der Waals surface area contributed by atoms with E-state index in [1.807, 2.05) is 24.3 Å². The van der Waals surface area contributed by atoms with Crippen LogP contribution in [0.1, 0.15) is 41.0 Å². The second-order valence-corrected chi connectivity index (χ2v) is 8.35. The molecule has 34 heavy (non-hydrogen) atoms. The molecule has 1 aliphatic heterocycles. The molecule has 3 aromatic rings. The van der Waals surface area contributed by atoms with Crippen LogP contribution in [-0.2, 0) is 29.0 Å². The lowest BCUT2D eigenvalue weighted by Crippen LogP contribution is -2.43. The van der Waals surface area contributed by atoms with E-state index in [0.29, 0.717) is 28.8 Å². The minimum atomic E-state index is -1.13. The smallest absolute Gasteiger partial charge is 0.326 e. The fraction of sp³-hybridized carbons (Fsp3) is 0.308. The van der Waals surface area contributed by atoms with Crippen LogP contribution in [0.3, 0.4) is 0 Å². The average Bonchev–Trinajstić information content (AvgIpc) is 2.82. The summed E-state index contributed by atoms with van der Waals surface area (Å²) in [6.45, 7) is 5.71. The van der Waals surface area contributed by atoms with Crippen LogP contribution < -0.4 is 10.1 Å². The molecule has 0 bridgehead atoms. The van der Waals surface area contributed by atoms with Crippen LogP contribution in [0.2, 0.25) is 0 Å². The molecule has 1 aromatic heterocycles. The summed E-state index contributed by atoms with van der Waals surface area (Å²) in [7, 11) is 0. The molecule has 176 valence electrons. The number of nitrogens with zero attached hydrogens (tertiary/aromatic N) is 2. The first kappa shape index (κ1) is 23.4. The van der Waals surface area contributed by atoms with Gasteiger partial charge in [-0.15, -0.1) is 0 Å². The van der Waals surface area contributed by atoms with Crippen molar-refractivity contribution in [2.45, 2.75) is 39.3 Å². The second kappa shape index (κ2) is 10.0. The third-order valence-corrected chi connectivity index (χ3v) is 6.03. The molecule has 0 saturated carbocycles. The number of nitrogens with one attached hydrogen (secondary N) is 1. The van der Waals surface area contributed by atoms with Gasteiger partial charge in [-0.3, -0.25) is 19.5 Å². The van der Waals surface area contributed by atoms with E-state index in [2.05, 4.69) is 17.1 Å². The SMILES string of the molecule is CCN1CCc2nc3ccccc3c(C(=O)NC(Cc3ccc(OC(C)=O)cc3)C(=O)O)c2C1. The number of carbonyl (C=O) groups is 3. The van der Waals surface area contributed by atoms with Crippen molar-refractivity contribution in [3.63, 3.8) is 0 Å². The number of aliphatic carboxylic acids is 1. The zero-order chi connectivity index (χ0) is 24.2. The van der Waals surface area contributed by atoms with Crippen LogP contribution >= 0.6 is 0 Å². The monoisotopic (exact) mass is 461 g/mol. The summed E-state index contributed by atoms with van der Waals surface area (Å²) >= 11 is 0. The predicted molar refractivity (Wildman–Crippen MR) is 127 cm³/mol. The number of amides is 1. The maximum Gasteiger partial charge on any atom is 0.326 e. The molecule has 1 unspecified atom stereocenters. The Balaban J connectivity index is 1.63. The lowest BCUT2D eigenvalue weighted by Gasteiger charge is -2.29. The Morgan fingerprint density at radius 3 is 2.56 bits per heavy atom. The Labute approximate surface area is 197 Å². The van der Waals surface area contributed by atoms with Crippen LogP contribution in [0, 0.1) is 0 Å². The summed E-state index contributed by atoms with van der Waals surface area (Å²) in [6, 6.07) is 12.9. The lowest BCUT2D eigenvalue weighted by molar-refractivity contribution is -0.139. The van der Waals surface area contributed by atoms with Crippen molar-refractivity contribution >= 4 is 28.7 Å². The summed E-state index contributed by atoms with van der Waals surface area (Å²) in [5.74, 6) is -1.60. The molecule has 8 heteroatoms. The third-order valence-electron chi connectivity index (χ3n) is 6.03. The predicted octanol–water partition coefficient (Wildman–Crippen LogP) is 2.96. The van der Waals surface area contributed by atoms with E-state index in [0.717, 1.165) is 36.3 Å². The first-order valence-corrected chi connectivity index (χ1v) is 11.3. The summed E-state index contributed by atoms with van der Waals surface area (Å²) in [5, 5.41) is 13.3. The van der Waals surface area contributed by atoms with Crippen LogP contribution in [0.5, 0.6) is 5.75 Å². The molecule has 2 N–H and O–H groups in total. The number of pyridine rings is 1. The Hall–Kier alpha value is -3.78. The molecule has 4 rings (SSSR count). The number of carbonyl (C=O) groups excluding carboxylic acids is 2. The largest absolute Gasteiger partial charge is 0.480 e. The summed E-state index contributed by atoms with van der Waals surface area (Å²) in [5.41, 5.74) is 3.67. The number of hydrogen-bond acceptors (Lipinski definition) is 6. The lowest BCUT2D eigenvalue weighted by atomic mass is 9.94. The fourth-order valence-corrected chi connectivity index (χ4v) is 4.30. The first-order chi connectivity index (χ1) is 16.4. The number of benzene rings is 2. The third kappa shape index (κ3) is 5.07. The highest BCUT2D eigenvalue weighted by atomic mass is 16.5. The molecule has 1 atom stereocenters. The van der Waals surface area contributed by atoms with Crippen LogP contribution in [0.4, 0.5) is 0 Å². The van der Waals surface area contributed by atoms with Crippen LogP contribution in [0.15, 0.2) is 48.5 Å². The molecule has 1 amide bonds. The number of para-hydroxylation sites is 1. The van der Waals surface area contributed by atoms with E-state index >= 15 is 0 Å². The molecular formula is C26H27N3O5. The van der Waals surface area contributed by atoms with Gasteiger partial charge in [-0.05, 0) is 30.3 Å². The number of likely N-dealkylation sites (N-methyl/N-ethyl adjacent to an activating group) is 1. The fourth-order valence-electron chi connectivity index (χ4n) is 4.30. The summed E-state index contributed by atoms with van der Waals surface area (Å²) < 4.78 is 5.02. The van der Waals surface area contributed by atoms with Crippen molar-refractivity contribution in [1.29, 1.82) is 0 Å². The van der Waals surface area contributed by atoms with Crippen LogP contribution in [-0.4, -0.2) is 52.0 Å². The minimum Gasteiger partial charge on any atom is -0.480 e. The normalized spacial score (nSPS) is 14.3. The van der Waals surface area contributed by atoms with E-state index < -0.39 is 23.9 Å². The highest BCUT2D eigenvalue weighted by molar-refractivity contribution is 6.08. The molecule has 2 heterocycles. The molecule has 2 aromatic carbocycles. The van der Waals surface area contributed by atoms with Gasteiger partial charge in [0.05, 0.1) is 11.1 Å². The van der Waals surface area contributed by atoms with Gasteiger partial charge in [0.25, 0.3) is 5.91 Å². The van der Waals surface area contributed by atoms with E-state index in [9.17, 15) is 19.5 Å². The quantitative estimate of drug-likeness (QED) is 0.411. The number of aromatic nitrogens is 1. The number of rotatable bonds is 7.